The quantitative estimate of drug-likeness (QED) is 0.848. The molecule has 4 atom stereocenters. The van der Waals surface area contributed by atoms with Crippen molar-refractivity contribution in [2.45, 2.75) is 51.7 Å². The monoisotopic (exact) mass is 286 g/mol. The molecule has 19 heavy (non-hydrogen) atoms. The van der Waals surface area contributed by atoms with Crippen molar-refractivity contribution < 1.29 is 8.42 Å². The van der Waals surface area contributed by atoms with E-state index in [1.165, 1.54) is 5.41 Å². The normalized spacial score (nSPS) is 38.7. The van der Waals surface area contributed by atoms with Gasteiger partial charge in [-0.25, -0.2) is 8.42 Å². The van der Waals surface area contributed by atoms with Crippen LogP contribution in [0.2, 0.25) is 0 Å². The fourth-order valence-electron chi connectivity index (χ4n) is 3.24. The molecule has 0 aliphatic carbocycles. The lowest BCUT2D eigenvalue weighted by Crippen LogP contribution is -2.56. The van der Waals surface area contributed by atoms with Crippen molar-refractivity contribution in [2.75, 3.05) is 18.8 Å². The van der Waals surface area contributed by atoms with E-state index in [4.69, 9.17) is 0 Å². The third kappa shape index (κ3) is 3.38. The maximum Gasteiger partial charge on any atom is 0.173 e. The van der Waals surface area contributed by atoms with Crippen molar-refractivity contribution in [3.8, 4) is 0 Å². The number of nitrogens with one attached hydrogen (secondary N) is 1. The van der Waals surface area contributed by atoms with Crippen molar-refractivity contribution in [3.63, 3.8) is 0 Å². The summed E-state index contributed by atoms with van der Waals surface area (Å²) in [5, 5.41) is 5.00. The van der Waals surface area contributed by atoms with E-state index in [0.717, 1.165) is 25.9 Å². The van der Waals surface area contributed by atoms with E-state index < -0.39 is 9.84 Å². The molecule has 4 nitrogen and oxygen atoms in total. The van der Waals surface area contributed by atoms with E-state index in [-0.39, 0.29) is 11.8 Å². The molecular formula is C14H26N2O2S. The fourth-order valence-corrected chi connectivity index (χ4v) is 4.55. The van der Waals surface area contributed by atoms with Crippen LogP contribution in [-0.4, -0.2) is 50.3 Å². The minimum absolute atomic E-state index is 0.0783. The molecule has 110 valence electrons. The Morgan fingerprint density at radius 1 is 1.37 bits per heavy atom. The van der Waals surface area contributed by atoms with Crippen LogP contribution in [0.1, 0.15) is 33.6 Å². The molecule has 0 aromatic carbocycles. The van der Waals surface area contributed by atoms with E-state index in [2.05, 4.69) is 31.0 Å². The molecule has 0 aromatic rings. The van der Waals surface area contributed by atoms with Crippen LogP contribution in [-0.2, 0) is 9.84 Å². The van der Waals surface area contributed by atoms with Crippen LogP contribution in [0.3, 0.4) is 0 Å². The first-order valence-electron chi connectivity index (χ1n) is 7.34. The number of rotatable bonds is 4. The number of likely N-dealkylation sites (tertiary alicyclic amines) is 1. The third-order valence-electron chi connectivity index (χ3n) is 4.61. The summed E-state index contributed by atoms with van der Waals surface area (Å²) in [5.41, 5.74) is 0. The average Bonchev–Trinajstić information content (AvgIpc) is 2.71. The van der Waals surface area contributed by atoms with Crippen LogP contribution in [0.25, 0.3) is 0 Å². The van der Waals surface area contributed by atoms with Gasteiger partial charge >= 0.3 is 0 Å². The summed E-state index contributed by atoms with van der Waals surface area (Å²) in [6.45, 7) is 8.74. The number of nitrogens with zero attached hydrogens (tertiary/aromatic N) is 1. The molecular weight excluding hydrogens is 260 g/mol. The first-order chi connectivity index (χ1) is 8.94. The molecule has 0 radical (unpaired) electrons. The Hall–Kier alpha value is -0.390. The Balaban J connectivity index is 1.98. The maximum atomic E-state index is 11.6. The van der Waals surface area contributed by atoms with Crippen molar-refractivity contribution in [3.05, 3.63) is 11.5 Å². The first kappa shape index (κ1) is 15.0. The second-order valence-corrected chi connectivity index (χ2v) is 7.84. The zero-order valence-electron chi connectivity index (χ0n) is 12.2. The van der Waals surface area contributed by atoms with Crippen molar-refractivity contribution in [1.82, 2.24) is 10.2 Å². The summed E-state index contributed by atoms with van der Waals surface area (Å²) >= 11 is 0. The molecule has 2 aliphatic heterocycles. The molecule has 1 saturated heterocycles. The highest BCUT2D eigenvalue weighted by atomic mass is 32.2. The van der Waals surface area contributed by atoms with Crippen molar-refractivity contribution in [1.29, 1.82) is 0 Å². The Morgan fingerprint density at radius 2 is 2.11 bits per heavy atom. The lowest BCUT2D eigenvalue weighted by molar-refractivity contribution is 0.0698. The van der Waals surface area contributed by atoms with E-state index in [1.807, 2.05) is 6.08 Å². The summed E-state index contributed by atoms with van der Waals surface area (Å²) < 4.78 is 23.1. The van der Waals surface area contributed by atoms with Gasteiger partial charge in [-0.1, -0.05) is 19.9 Å². The lowest BCUT2D eigenvalue weighted by atomic mass is 9.86. The van der Waals surface area contributed by atoms with Crippen LogP contribution >= 0.6 is 0 Å². The molecule has 5 heteroatoms. The zero-order chi connectivity index (χ0) is 14.0. The van der Waals surface area contributed by atoms with Gasteiger partial charge in [0.1, 0.15) is 0 Å². The van der Waals surface area contributed by atoms with Crippen LogP contribution in [0, 0.1) is 5.92 Å². The van der Waals surface area contributed by atoms with Crippen LogP contribution in [0.4, 0.5) is 0 Å². The van der Waals surface area contributed by atoms with E-state index in [0.29, 0.717) is 18.0 Å². The van der Waals surface area contributed by atoms with Crippen LogP contribution in [0.5, 0.6) is 0 Å². The Kier molecular flexibility index (Phi) is 4.69. The lowest BCUT2D eigenvalue weighted by Gasteiger charge is -2.45. The molecule has 1 N–H and O–H groups in total. The molecule has 0 bridgehead atoms. The topological polar surface area (TPSA) is 49.4 Å². The summed E-state index contributed by atoms with van der Waals surface area (Å²) in [7, 11) is -2.95. The third-order valence-corrected chi connectivity index (χ3v) is 5.99. The van der Waals surface area contributed by atoms with Gasteiger partial charge in [-0.2, -0.15) is 0 Å². The summed E-state index contributed by atoms with van der Waals surface area (Å²) in [5.74, 6) is 0.814. The molecule has 1 fully saturated rings. The second kappa shape index (κ2) is 5.94. The molecule has 0 amide bonds. The van der Waals surface area contributed by atoms with Crippen molar-refractivity contribution in [2.24, 2.45) is 5.92 Å². The minimum Gasteiger partial charge on any atom is -0.314 e. The van der Waals surface area contributed by atoms with Gasteiger partial charge in [-0.3, -0.25) is 4.90 Å². The molecule has 2 heterocycles. The minimum atomic E-state index is -2.95. The number of hydrogen-bond acceptors (Lipinski definition) is 4. The van der Waals surface area contributed by atoms with Gasteiger partial charge in [0.25, 0.3) is 0 Å². The number of sulfone groups is 1. The van der Waals surface area contributed by atoms with Crippen LogP contribution < -0.4 is 5.32 Å². The highest BCUT2D eigenvalue weighted by Crippen LogP contribution is 2.28. The second-order valence-electron chi connectivity index (χ2n) is 5.91. The summed E-state index contributed by atoms with van der Waals surface area (Å²) in [6, 6.07) is 1.06. The van der Waals surface area contributed by atoms with Gasteiger partial charge in [0.2, 0.25) is 0 Å². The zero-order valence-corrected chi connectivity index (χ0v) is 13.0. The Bertz CT molecular complexity index is 433. The van der Waals surface area contributed by atoms with E-state index >= 15 is 0 Å². The summed E-state index contributed by atoms with van der Waals surface area (Å²) in [4.78, 5) is 2.36. The molecule has 0 aromatic heterocycles. The molecule has 0 saturated carbocycles. The van der Waals surface area contributed by atoms with Gasteiger partial charge in [0, 0.05) is 30.1 Å². The first-order valence-corrected chi connectivity index (χ1v) is 9.06. The van der Waals surface area contributed by atoms with Gasteiger partial charge in [-0.15, -0.1) is 0 Å². The molecule has 4 unspecified atom stereocenters. The predicted octanol–water partition coefficient (Wildman–Crippen LogP) is 1.40. The summed E-state index contributed by atoms with van der Waals surface area (Å²) in [6.07, 6.45) is 4.12. The maximum absolute atomic E-state index is 11.6. The fraction of sp³-hybridized carbons (Fsp3) is 0.857. The van der Waals surface area contributed by atoms with Crippen molar-refractivity contribution >= 4 is 9.84 Å². The van der Waals surface area contributed by atoms with Gasteiger partial charge in [0.05, 0.1) is 5.75 Å². The Morgan fingerprint density at radius 3 is 2.68 bits per heavy atom. The smallest absolute Gasteiger partial charge is 0.173 e. The molecule has 2 aliphatic rings. The molecule has 2 rings (SSSR count). The SMILES string of the molecule is CCCNC1CCN(C2C=CS(=O)(=O)C2)C(C)C1C. The highest BCUT2D eigenvalue weighted by molar-refractivity contribution is 7.94. The standard InChI is InChI=1S/C14H26N2O2S/c1-4-7-15-14-5-8-16(12(3)11(14)2)13-6-9-19(17,18)10-13/h6,9,11-15H,4-5,7-8,10H2,1-3H3. The highest BCUT2D eigenvalue weighted by Gasteiger charge is 2.37. The number of hydrogen-bond donors (Lipinski definition) is 1. The molecule has 0 spiro atoms. The Labute approximate surface area is 117 Å². The van der Waals surface area contributed by atoms with E-state index in [9.17, 15) is 8.42 Å². The number of piperidine rings is 1. The van der Waals surface area contributed by atoms with Gasteiger partial charge in [-0.05, 0) is 32.2 Å². The van der Waals surface area contributed by atoms with Gasteiger partial charge < -0.3 is 5.32 Å². The van der Waals surface area contributed by atoms with E-state index in [1.54, 1.807) is 0 Å². The van der Waals surface area contributed by atoms with Crippen LogP contribution in [0.15, 0.2) is 11.5 Å². The largest absolute Gasteiger partial charge is 0.314 e. The van der Waals surface area contributed by atoms with Gasteiger partial charge in [0.15, 0.2) is 9.84 Å². The average molecular weight is 286 g/mol. The predicted molar refractivity (Wildman–Crippen MR) is 78.7 cm³/mol.